The third kappa shape index (κ3) is 3.12. The highest BCUT2D eigenvalue weighted by molar-refractivity contribution is 7.25. The SMILES string of the molecule is CCN(CC)CCCc1ccc2sc3ccccc3c2c1. The van der Waals surface area contributed by atoms with Crippen LogP contribution in [0.4, 0.5) is 0 Å². The lowest BCUT2D eigenvalue weighted by Gasteiger charge is -2.17. The zero-order valence-corrected chi connectivity index (χ0v) is 13.7. The second kappa shape index (κ2) is 6.59. The van der Waals surface area contributed by atoms with Gasteiger partial charge in [-0.25, -0.2) is 0 Å². The van der Waals surface area contributed by atoms with E-state index >= 15 is 0 Å². The number of nitrogens with zero attached hydrogens (tertiary/aromatic N) is 1. The number of thiophene rings is 1. The molecule has 110 valence electrons. The van der Waals surface area contributed by atoms with Crippen molar-refractivity contribution in [3.05, 3.63) is 48.0 Å². The van der Waals surface area contributed by atoms with Gasteiger partial charge in [0.15, 0.2) is 0 Å². The molecule has 0 saturated heterocycles. The van der Waals surface area contributed by atoms with Crippen molar-refractivity contribution in [3.8, 4) is 0 Å². The average molecular weight is 297 g/mol. The van der Waals surface area contributed by atoms with E-state index in [0.29, 0.717) is 0 Å². The first kappa shape index (κ1) is 14.6. The summed E-state index contributed by atoms with van der Waals surface area (Å²) in [7, 11) is 0. The van der Waals surface area contributed by atoms with Crippen molar-refractivity contribution in [1.82, 2.24) is 4.90 Å². The van der Waals surface area contributed by atoms with E-state index in [2.05, 4.69) is 61.2 Å². The Balaban J connectivity index is 1.79. The van der Waals surface area contributed by atoms with Gasteiger partial charge in [0.05, 0.1) is 0 Å². The van der Waals surface area contributed by atoms with E-state index < -0.39 is 0 Å². The lowest BCUT2D eigenvalue weighted by Crippen LogP contribution is -2.24. The van der Waals surface area contributed by atoms with E-state index in [1.54, 1.807) is 0 Å². The quantitative estimate of drug-likeness (QED) is 0.594. The molecule has 0 unspecified atom stereocenters. The summed E-state index contributed by atoms with van der Waals surface area (Å²) in [5.41, 5.74) is 1.47. The van der Waals surface area contributed by atoms with Crippen LogP contribution in [0.25, 0.3) is 20.2 Å². The Morgan fingerprint density at radius 2 is 1.67 bits per heavy atom. The van der Waals surface area contributed by atoms with E-state index in [1.165, 1.54) is 45.1 Å². The molecular formula is C19H23NS. The van der Waals surface area contributed by atoms with Crippen LogP contribution in [0.15, 0.2) is 42.5 Å². The second-order valence-electron chi connectivity index (χ2n) is 5.56. The minimum atomic E-state index is 1.16. The summed E-state index contributed by atoms with van der Waals surface area (Å²) in [6.07, 6.45) is 2.42. The Bertz CT molecular complexity index is 725. The topological polar surface area (TPSA) is 3.24 Å². The first-order valence-corrected chi connectivity index (χ1v) is 8.76. The molecule has 0 aliphatic rings. The molecule has 0 aliphatic heterocycles. The lowest BCUT2D eigenvalue weighted by molar-refractivity contribution is 0.300. The molecule has 1 aromatic heterocycles. The summed E-state index contributed by atoms with van der Waals surface area (Å²) in [4.78, 5) is 2.50. The lowest BCUT2D eigenvalue weighted by atomic mass is 10.1. The van der Waals surface area contributed by atoms with Crippen LogP contribution in [0.5, 0.6) is 0 Å². The average Bonchev–Trinajstić information content (AvgIpc) is 2.90. The summed E-state index contributed by atoms with van der Waals surface area (Å²) in [6, 6.07) is 15.7. The van der Waals surface area contributed by atoms with Gasteiger partial charge in [0, 0.05) is 20.2 Å². The van der Waals surface area contributed by atoms with E-state index in [4.69, 9.17) is 0 Å². The van der Waals surface area contributed by atoms with Gasteiger partial charge in [-0.3, -0.25) is 0 Å². The van der Waals surface area contributed by atoms with Crippen LogP contribution < -0.4 is 0 Å². The Hall–Kier alpha value is -1.38. The van der Waals surface area contributed by atoms with Crippen molar-refractivity contribution < 1.29 is 0 Å². The van der Waals surface area contributed by atoms with Crippen LogP contribution in [0.3, 0.4) is 0 Å². The fourth-order valence-electron chi connectivity index (χ4n) is 2.98. The third-order valence-electron chi connectivity index (χ3n) is 4.28. The first-order chi connectivity index (χ1) is 10.3. The van der Waals surface area contributed by atoms with Crippen molar-refractivity contribution >= 4 is 31.5 Å². The van der Waals surface area contributed by atoms with Crippen LogP contribution in [-0.2, 0) is 6.42 Å². The number of aryl methyl sites for hydroxylation is 1. The number of rotatable bonds is 6. The molecule has 21 heavy (non-hydrogen) atoms. The molecule has 0 radical (unpaired) electrons. The van der Waals surface area contributed by atoms with Crippen LogP contribution in [0, 0.1) is 0 Å². The summed E-state index contributed by atoms with van der Waals surface area (Å²) >= 11 is 1.90. The van der Waals surface area contributed by atoms with Crippen LogP contribution >= 0.6 is 11.3 Å². The molecule has 0 aliphatic carbocycles. The maximum absolute atomic E-state index is 2.50. The minimum Gasteiger partial charge on any atom is -0.304 e. The normalized spacial score (nSPS) is 11.8. The molecule has 3 rings (SSSR count). The summed E-state index contributed by atoms with van der Waals surface area (Å²) in [5.74, 6) is 0. The van der Waals surface area contributed by atoms with Crippen molar-refractivity contribution in [1.29, 1.82) is 0 Å². The largest absolute Gasteiger partial charge is 0.304 e. The molecule has 1 heterocycles. The molecule has 0 bridgehead atoms. The van der Waals surface area contributed by atoms with Crippen molar-refractivity contribution in [2.45, 2.75) is 26.7 Å². The summed E-state index contributed by atoms with van der Waals surface area (Å²) in [6.45, 7) is 8.00. The highest BCUT2D eigenvalue weighted by atomic mass is 32.1. The maximum atomic E-state index is 2.50. The molecule has 2 heteroatoms. The van der Waals surface area contributed by atoms with Gasteiger partial charge in [-0.2, -0.15) is 0 Å². The van der Waals surface area contributed by atoms with Crippen molar-refractivity contribution in [2.24, 2.45) is 0 Å². The van der Waals surface area contributed by atoms with Gasteiger partial charge in [-0.15, -0.1) is 11.3 Å². The molecule has 0 spiro atoms. The van der Waals surface area contributed by atoms with Gasteiger partial charge in [-0.1, -0.05) is 38.1 Å². The maximum Gasteiger partial charge on any atom is 0.0355 e. The number of hydrogen-bond acceptors (Lipinski definition) is 2. The highest BCUT2D eigenvalue weighted by Gasteiger charge is 2.05. The van der Waals surface area contributed by atoms with Gasteiger partial charge in [0.25, 0.3) is 0 Å². The number of benzene rings is 2. The Morgan fingerprint density at radius 1 is 0.905 bits per heavy atom. The summed E-state index contributed by atoms with van der Waals surface area (Å²) in [5, 5.41) is 2.83. The van der Waals surface area contributed by atoms with Gasteiger partial charge in [-0.05, 0) is 56.2 Å². The van der Waals surface area contributed by atoms with Crippen LogP contribution in [0.1, 0.15) is 25.8 Å². The fourth-order valence-corrected chi connectivity index (χ4v) is 4.06. The Kier molecular flexibility index (Phi) is 4.57. The van der Waals surface area contributed by atoms with Gasteiger partial charge < -0.3 is 4.90 Å². The molecule has 0 saturated carbocycles. The number of hydrogen-bond donors (Lipinski definition) is 0. The first-order valence-electron chi connectivity index (χ1n) is 7.94. The second-order valence-corrected chi connectivity index (χ2v) is 6.64. The molecular weight excluding hydrogens is 274 g/mol. The van der Waals surface area contributed by atoms with E-state index in [0.717, 1.165) is 13.1 Å². The molecule has 0 atom stereocenters. The zero-order valence-electron chi connectivity index (χ0n) is 12.9. The highest BCUT2D eigenvalue weighted by Crippen LogP contribution is 2.34. The Morgan fingerprint density at radius 3 is 2.48 bits per heavy atom. The van der Waals surface area contributed by atoms with Gasteiger partial charge in [0.2, 0.25) is 0 Å². The molecule has 0 N–H and O–H groups in total. The summed E-state index contributed by atoms with van der Waals surface area (Å²) < 4.78 is 2.80. The molecule has 1 nitrogen and oxygen atoms in total. The smallest absolute Gasteiger partial charge is 0.0355 e. The fraction of sp³-hybridized carbons (Fsp3) is 0.368. The van der Waals surface area contributed by atoms with Gasteiger partial charge in [0.1, 0.15) is 0 Å². The molecule has 3 aromatic rings. The monoisotopic (exact) mass is 297 g/mol. The third-order valence-corrected chi connectivity index (χ3v) is 5.43. The van der Waals surface area contributed by atoms with Crippen molar-refractivity contribution in [3.63, 3.8) is 0 Å². The predicted octanol–water partition coefficient (Wildman–Crippen LogP) is 5.33. The van der Waals surface area contributed by atoms with E-state index in [9.17, 15) is 0 Å². The standard InChI is InChI=1S/C19H23NS/c1-3-20(4-2)13-7-8-15-11-12-19-17(14-15)16-9-5-6-10-18(16)21-19/h5-6,9-12,14H,3-4,7-8,13H2,1-2H3. The zero-order chi connectivity index (χ0) is 14.7. The number of fused-ring (bicyclic) bond motifs is 3. The van der Waals surface area contributed by atoms with Gasteiger partial charge >= 0.3 is 0 Å². The van der Waals surface area contributed by atoms with Crippen LogP contribution in [0.2, 0.25) is 0 Å². The molecule has 2 aromatic carbocycles. The minimum absolute atomic E-state index is 1.16. The molecule has 0 amide bonds. The van der Waals surface area contributed by atoms with Crippen molar-refractivity contribution in [2.75, 3.05) is 19.6 Å². The molecule has 0 fully saturated rings. The van der Waals surface area contributed by atoms with Crippen LogP contribution in [-0.4, -0.2) is 24.5 Å². The van der Waals surface area contributed by atoms with E-state index in [1.807, 2.05) is 11.3 Å². The Labute approximate surface area is 131 Å². The van der Waals surface area contributed by atoms with E-state index in [-0.39, 0.29) is 0 Å². The predicted molar refractivity (Wildman–Crippen MR) is 95.4 cm³/mol.